The topological polar surface area (TPSA) is 37.3 Å². The van der Waals surface area contributed by atoms with Gasteiger partial charge in [0.1, 0.15) is 5.76 Å². The standard InChI is InChI=1S/C12H14O2/c1-3-10-4-6-11(7-5-10)12(14)8-9(2)13/h4-8,14H,3H2,1-2H3. The summed E-state index contributed by atoms with van der Waals surface area (Å²) in [6, 6.07) is 7.51. The summed E-state index contributed by atoms with van der Waals surface area (Å²) in [5, 5.41) is 9.49. The van der Waals surface area contributed by atoms with Crippen molar-refractivity contribution in [3.63, 3.8) is 0 Å². The van der Waals surface area contributed by atoms with E-state index in [9.17, 15) is 9.90 Å². The van der Waals surface area contributed by atoms with Crippen molar-refractivity contribution in [2.75, 3.05) is 0 Å². The molecule has 0 aliphatic carbocycles. The van der Waals surface area contributed by atoms with Gasteiger partial charge in [-0.2, -0.15) is 0 Å². The molecule has 1 N–H and O–H groups in total. The van der Waals surface area contributed by atoms with Gasteiger partial charge in [0.05, 0.1) is 0 Å². The lowest BCUT2D eigenvalue weighted by Gasteiger charge is -2.00. The number of hydrogen-bond donors (Lipinski definition) is 1. The second-order valence-corrected chi connectivity index (χ2v) is 3.19. The average Bonchev–Trinajstić information content (AvgIpc) is 2.17. The molecule has 0 atom stereocenters. The Kier molecular flexibility index (Phi) is 3.46. The van der Waals surface area contributed by atoms with Gasteiger partial charge in [-0.05, 0) is 18.9 Å². The van der Waals surface area contributed by atoms with E-state index in [0.29, 0.717) is 5.56 Å². The lowest BCUT2D eigenvalue weighted by Crippen LogP contribution is -1.89. The molecule has 0 radical (unpaired) electrons. The highest BCUT2D eigenvalue weighted by Crippen LogP contribution is 2.12. The molecule has 2 heteroatoms. The van der Waals surface area contributed by atoms with E-state index < -0.39 is 0 Å². The zero-order valence-electron chi connectivity index (χ0n) is 8.45. The van der Waals surface area contributed by atoms with Crippen LogP contribution in [0.1, 0.15) is 25.0 Å². The number of hydrogen-bond acceptors (Lipinski definition) is 2. The molecular weight excluding hydrogens is 176 g/mol. The summed E-state index contributed by atoms with van der Waals surface area (Å²) in [5.74, 6) is -0.123. The number of rotatable bonds is 3. The third-order valence-electron chi connectivity index (χ3n) is 2.00. The van der Waals surface area contributed by atoms with Crippen molar-refractivity contribution in [2.45, 2.75) is 20.3 Å². The lowest BCUT2D eigenvalue weighted by atomic mass is 10.1. The number of aliphatic hydroxyl groups excluding tert-OH is 1. The van der Waals surface area contributed by atoms with Crippen molar-refractivity contribution in [1.82, 2.24) is 0 Å². The number of benzene rings is 1. The Hall–Kier alpha value is -1.57. The predicted molar refractivity (Wildman–Crippen MR) is 57.1 cm³/mol. The number of carbonyl (C=O) groups excluding carboxylic acids is 1. The number of carbonyl (C=O) groups is 1. The van der Waals surface area contributed by atoms with Crippen LogP contribution in [-0.4, -0.2) is 10.9 Å². The highest BCUT2D eigenvalue weighted by Gasteiger charge is 1.99. The SMILES string of the molecule is CCc1ccc(C(O)=CC(C)=O)cc1. The second-order valence-electron chi connectivity index (χ2n) is 3.19. The van der Waals surface area contributed by atoms with Gasteiger partial charge in [0, 0.05) is 11.6 Å². The summed E-state index contributed by atoms with van der Waals surface area (Å²) in [7, 11) is 0. The Bertz CT molecular complexity index is 347. The molecule has 0 spiro atoms. The zero-order chi connectivity index (χ0) is 10.6. The molecule has 1 aromatic rings. The lowest BCUT2D eigenvalue weighted by molar-refractivity contribution is -0.112. The molecular formula is C12H14O2. The monoisotopic (exact) mass is 190 g/mol. The van der Waals surface area contributed by atoms with Gasteiger partial charge in [-0.15, -0.1) is 0 Å². The van der Waals surface area contributed by atoms with Crippen molar-refractivity contribution < 1.29 is 9.90 Å². The Labute approximate surface area is 83.9 Å². The van der Waals surface area contributed by atoms with E-state index in [-0.39, 0.29) is 11.5 Å². The normalized spacial score (nSPS) is 11.4. The largest absolute Gasteiger partial charge is 0.507 e. The maximum atomic E-state index is 10.7. The first-order valence-electron chi connectivity index (χ1n) is 4.64. The van der Waals surface area contributed by atoms with E-state index in [1.165, 1.54) is 18.6 Å². The highest BCUT2D eigenvalue weighted by atomic mass is 16.3. The van der Waals surface area contributed by atoms with Gasteiger partial charge in [0.2, 0.25) is 0 Å². The van der Waals surface area contributed by atoms with Gasteiger partial charge in [-0.25, -0.2) is 0 Å². The molecule has 0 unspecified atom stereocenters. The fourth-order valence-electron chi connectivity index (χ4n) is 1.19. The fraction of sp³-hybridized carbons (Fsp3) is 0.250. The molecule has 74 valence electrons. The van der Waals surface area contributed by atoms with Crippen LogP contribution in [0.15, 0.2) is 30.3 Å². The quantitative estimate of drug-likeness (QED) is 0.587. The summed E-state index contributed by atoms with van der Waals surface area (Å²) in [4.78, 5) is 10.7. The molecule has 0 saturated carbocycles. The van der Waals surface area contributed by atoms with Gasteiger partial charge in [-0.3, -0.25) is 4.79 Å². The maximum Gasteiger partial charge on any atom is 0.156 e. The van der Waals surface area contributed by atoms with Crippen LogP contribution in [0, 0.1) is 0 Å². The highest BCUT2D eigenvalue weighted by molar-refractivity contribution is 5.93. The van der Waals surface area contributed by atoms with Gasteiger partial charge >= 0.3 is 0 Å². The Morgan fingerprint density at radius 1 is 1.36 bits per heavy atom. The molecule has 0 amide bonds. The minimum Gasteiger partial charge on any atom is -0.507 e. The van der Waals surface area contributed by atoms with Gasteiger partial charge in [-0.1, -0.05) is 31.2 Å². The van der Waals surface area contributed by atoms with Crippen molar-refractivity contribution >= 4 is 11.5 Å². The van der Waals surface area contributed by atoms with Gasteiger partial charge in [0.25, 0.3) is 0 Å². The fourth-order valence-corrected chi connectivity index (χ4v) is 1.19. The first kappa shape index (κ1) is 10.5. The smallest absolute Gasteiger partial charge is 0.156 e. The second kappa shape index (κ2) is 4.61. The minimum absolute atomic E-state index is 0.0279. The van der Waals surface area contributed by atoms with Crippen LogP contribution >= 0.6 is 0 Å². The molecule has 0 aliphatic heterocycles. The molecule has 0 fully saturated rings. The van der Waals surface area contributed by atoms with Crippen molar-refractivity contribution in [3.05, 3.63) is 41.5 Å². The molecule has 14 heavy (non-hydrogen) atoms. The Morgan fingerprint density at radius 3 is 2.36 bits per heavy atom. The van der Waals surface area contributed by atoms with Crippen molar-refractivity contribution in [1.29, 1.82) is 0 Å². The summed E-state index contributed by atoms with van der Waals surface area (Å²) in [6.07, 6.45) is 2.19. The maximum absolute atomic E-state index is 10.7. The molecule has 1 rings (SSSR count). The van der Waals surface area contributed by atoms with E-state index in [0.717, 1.165) is 6.42 Å². The third-order valence-corrected chi connectivity index (χ3v) is 2.00. The van der Waals surface area contributed by atoms with Crippen LogP contribution in [0.25, 0.3) is 5.76 Å². The summed E-state index contributed by atoms with van der Waals surface area (Å²) in [5.41, 5.74) is 1.89. The average molecular weight is 190 g/mol. The van der Waals surface area contributed by atoms with Crippen LogP contribution in [0.4, 0.5) is 0 Å². The first-order valence-corrected chi connectivity index (χ1v) is 4.64. The summed E-state index contributed by atoms with van der Waals surface area (Å²) < 4.78 is 0. The van der Waals surface area contributed by atoms with E-state index in [1.807, 2.05) is 24.3 Å². The molecule has 0 aliphatic rings. The van der Waals surface area contributed by atoms with E-state index in [2.05, 4.69) is 6.92 Å². The van der Waals surface area contributed by atoms with Crippen molar-refractivity contribution in [2.24, 2.45) is 0 Å². The number of aryl methyl sites for hydroxylation is 1. The molecule has 0 aromatic heterocycles. The van der Waals surface area contributed by atoms with E-state index in [1.54, 1.807) is 0 Å². The molecule has 1 aromatic carbocycles. The van der Waals surface area contributed by atoms with E-state index >= 15 is 0 Å². The van der Waals surface area contributed by atoms with Crippen LogP contribution in [0.3, 0.4) is 0 Å². The molecule has 0 bridgehead atoms. The van der Waals surface area contributed by atoms with E-state index in [4.69, 9.17) is 0 Å². The van der Waals surface area contributed by atoms with Crippen LogP contribution < -0.4 is 0 Å². The molecule has 0 saturated heterocycles. The molecule has 0 heterocycles. The summed E-state index contributed by atoms with van der Waals surface area (Å²) >= 11 is 0. The van der Waals surface area contributed by atoms with Gasteiger partial charge < -0.3 is 5.11 Å². The third kappa shape index (κ3) is 2.73. The zero-order valence-corrected chi connectivity index (χ0v) is 8.45. The number of ketones is 1. The number of allylic oxidation sites excluding steroid dienone is 1. The number of aliphatic hydroxyl groups is 1. The Morgan fingerprint density at radius 2 is 1.93 bits per heavy atom. The van der Waals surface area contributed by atoms with Crippen LogP contribution in [0.5, 0.6) is 0 Å². The molecule has 2 nitrogen and oxygen atoms in total. The predicted octanol–water partition coefficient (Wildman–Crippen LogP) is 2.74. The Balaban J connectivity index is 2.92. The van der Waals surface area contributed by atoms with Crippen molar-refractivity contribution in [3.8, 4) is 0 Å². The van der Waals surface area contributed by atoms with Crippen LogP contribution in [0.2, 0.25) is 0 Å². The first-order chi connectivity index (χ1) is 6.63. The van der Waals surface area contributed by atoms with Gasteiger partial charge in [0.15, 0.2) is 5.78 Å². The minimum atomic E-state index is -0.151. The van der Waals surface area contributed by atoms with Crippen LogP contribution in [-0.2, 0) is 11.2 Å². The summed E-state index contributed by atoms with van der Waals surface area (Å²) in [6.45, 7) is 3.48.